The molecule has 156 valence electrons. The van der Waals surface area contributed by atoms with E-state index in [4.69, 9.17) is 9.26 Å². The molecule has 0 aliphatic carbocycles. The smallest absolute Gasteiger partial charge is 0.322 e. The van der Waals surface area contributed by atoms with Gasteiger partial charge in [-0.05, 0) is 42.5 Å². The zero-order valence-electron chi connectivity index (χ0n) is 16.6. The van der Waals surface area contributed by atoms with Gasteiger partial charge in [0.05, 0.1) is 16.5 Å². The molecule has 0 spiro atoms. The quantitative estimate of drug-likeness (QED) is 0.562. The molecular formula is C21H21FN4O3S. The summed E-state index contributed by atoms with van der Waals surface area (Å²) in [4.78, 5) is 19.9. The van der Waals surface area contributed by atoms with Crippen LogP contribution in [0.5, 0.6) is 0 Å². The van der Waals surface area contributed by atoms with Crippen molar-refractivity contribution in [2.75, 3.05) is 20.3 Å². The SMILES string of the molecule is COCCCN1C(=O)NC(c2cccc(F)c2)C(c2nc(-c3cccs3)no2)=C1C. The van der Waals surface area contributed by atoms with E-state index in [0.717, 1.165) is 4.88 Å². The van der Waals surface area contributed by atoms with E-state index in [0.29, 0.717) is 48.1 Å². The van der Waals surface area contributed by atoms with Gasteiger partial charge in [-0.25, -0.2) is 9.18 Å². The molecule has 3 heterocycles. The van der Waals surface area contributed by atoms with Crippen molar-refractivity contribution in [3.63, 3.8) is 0 Å². The first-order chi connectivity index (χ1) is 14.6. The van der Waals surface area contributed by atoms with Crippen LogP contribution in [0.25, 0.3) is 16.3 Å². The van der Waals surface area contributed by atoms with Crippen LogP contribution in [0.4, 0.5) is 9.18 Å². The van der Waals surface area contributed by atoms with E-state index in [1.807, 2.05) is 24.4 Å². The van der Waals surface area contributed by atoms with Crippen molar-refractivity contribution in [2.45, 2.75) is 19.4 Å². The maximum atomic E-state index is 13.9. The van der Waals surface area contributed by atoms with Crippen molar-refractivity contribution >= 4 is 22.9 Å². The summed E-state index contributed by atoms with van der Waals surface area (Å²) < 4.78 is 24.6. The molecule has 4 rings (SSSR count). The fourth-order valence-electron chi connectivity index (χ4n) is 3.47. The predicted molar refractivity (Wildman–Crippen MR) is 111 cm³/mol. The number of carbonyl (C=O) groups is 1. The maximum Gasteiger partial charge on any atom is 0.322 e. The Balaban J connectivity index is 1.77. The number of allylic oxidation sites excluding steroid dienone is 1. The number of carbonyl (C=O) groups excluding carboxylic acids is 1. The first-order valence-electron chi connectivity index (χ1n) is 9.49. The summed E-state index contributed by atoms with van der Waals surface area (Å²) in [7, 11) is 1.62. The van der Waals surface area contributed by atoms with Gasteiger partial charge in [0.1, 0.15) is 5.82 Å². The minimum absolute atomic E-state index is 0.264. The Bertz CT molecular complexity index is 1060. The van der Waals surface area contributed by atoms with Crippen molar-refractivity contribution in [2.24, 2.45) is 0 Å². The van der Waals surface area contributed by atoms with Gasteiger partial charge in [0.15, 0.2) is 0 Å². The van der Waals surface area contributed by atoms with Gasteiger partial charge in [-0.15, -0.1) is 11.3 Å². The largest absolute Gasteiger partial charge is 0.385 e. The zero-order chi connectivity index (χ0) is 21.1. The molecule has 9 heteroatoms. The second-order valence-corrected chi connectivity index (χ2v) is 7.78. The van der Waals surface area contributed by atoms with Gasteiger partial charge in [0, 0.05) is 26.0 Å². The molecule has 1 N–H and O–H groups in total. The molecule has 1 aliphatic rings. The molecule has 0 fully saturated rings. The topological polar surface area (TPSA) is 80.5 Å². The first-order valence-corrected chi connectivity index (χ1v) is 10.4. The number of aromatic nitrogens is 2. The van der Waals surface area contributed by atoms with Crippen LogP contribution >= 0.6 is 11.3 Å². The van der Waals surface area contributed by atoms with Gasteiger partial charge in [-0.3, -0.25) is 4.90 Å². The zero-order valence-corrected chi connectivity index (χ0v) is 17.4. The lowest BCUT2D eigenvalue weighted by molar-refractivity contribution is 0.174. The number of hydrogen-bond acceptors (Lipinski definition) is 6. The lowest BCUT2D eigenvalue weighted by atomic mass is 9.94. The molecule has 2 aromatic heterocycles. The molecule has 7 nitrogen and oxygen atoms in total. The number of ether oxygens (including phenoxy) is 1. The summed E-state index contributed by atoms with van der Waals surface area (Å²) >= 11 is 1.51. The number of urea groups is 1. The molecule has 1 atom stereocenters. The normalized spacial score (nSPS) is 16.8. The van der Waals surface area contributed by atoms with Crippen LogP contribution in [0.2, 0.25) is 0 Å². The summed E-state index contributed by atoms with van der Waals surface area (Å²) in [6, 6.07) is 9.08. The molecule has 3 aromatic rings. The van der Waals surface area contributed by atoms with E-state index in [2.05, 4.69) is 15.5 Å². The van der Waals surface area contributed by atoms with Crippen LogP contribution < -0.4 is 5.32 Å². The Labute approximate surface area is 177 Å². The fraction of sp³-hybridized carbons (Fsp3) is 0.286. The minimum Gasteiger partial charge on any atom is -0.385 e. The average molecular weight is 428 g/mol. The van der Waals surface area contributed by atoms with Crippen LogP contribution in [0.15, 0.2) is 52.0 Å². The standard InChI is InChI=1S/C21H21FN4O3S/c1-13-17(20-24-19(25-29-20)16-8-4-11-30-16)18(14-6-3-7-15(22)12-14)23-21(27)26(13)9-5-10-28-2/h3-4,6-8,11-12,18H,5,9-10H2,1-2H3,(H,23,27). The van der Waals surface area contributed by atoms with Crippen molar-refractivity contribution in [1.29, 1.82) is 0 Å². The predicted octanol–water partition coefficient (Wildman–Crippen LogP) is 4.47. The molecule has 1 aliphatic heterocycles. The Morgan fingerprint density at radius 1 is 1.33 bits per heavy atom. The van der Waals surface area contributed by atoms with E-state index in [1.54, 1.807) is 24.1 Å². The number of halogens is 1. The lowest BCUT2D eigenvalue weighted by Crippen LogP contribution is -2.46. The van der Waals surface area contributed by atoms with Crippen LogP contribution in [-0.2, 0) is 4.74 Å². The number of nitrogens with one attached hydrogen (secondary N) is 1. The number of amides is 2. The summed E-state index contributed by atoms with van der Waals surface area (Å²) in [5.41, 5.74) is 1.93. The van der Waals surface area contributed by atoms with Crippen LogP contribution in [0, 0.1) is 5.82 Å². The van der Waals surface area contributed by atoms with Crippen molar-refractivity contribution in [1.82, 2.24) is 20.4 Å². The van der Waals surface area contributed by atoms with Crippen LogP contribution in [0.3, 0.4) is 0 Å². The average Bonchev–Trinajstić information content (AvgIpc) is 3.42. The maximum absolute atomic E-state index is 13.9. The fourth-order valence-corrected chi connectivity index (χ4v) is 4.12. The Morgan fingerprint density at radius 3 is 2.93 bits per heavy atom. The third-order valence-electron chi connectivity index (χ3n) is 4.91. The number of rotatable bonds is 7. The number of methoxy groups -OCH3 is 1. The highest BCUT2D eigenvalue weighted by Crippen LogP contribution is 2.37. The molecule has 0 saturated heterocycles. The molecule has 0 saturated carbocycles. The molecule has 2 amide bonds. The van der Waals surface area contributed by atoms with Gasteiger partial charge in [0.2, 0.25) is 5.82 Å². The van der Waals surface area contributed by atoms with E-state index >= 15 is 0 Å². The molecule has 0 bridgehead atoms. The van der Waals surface area contributed by atoms with Crippen LogP contribution in [0.1, 0.15) is 30.8 Å². The highest BCUT2D eigenvalue weighted by atomic mass is 32.1. The third-order valence-corrected chi connectivity index (χ3v) is 5.77. The second kappa shape index (κ2) is 8.76. The van der Waals surface area contributed by atoms with Gasteiger partial charge in [-0.2, -0.15) is 4.98 Å². The first kappa shape index (κ1) is 20.2. The van der Waals surface area contributed by atoms with Crippen LogP contribution in [-0.4, -0.2) is 41.3 Å². The molecular weight excluding hydrogens is 407 g/mol. The molecule has 1 aromatic carbocycles. The van der Waals surface area contributed by atoms with E-state index in [1.165, 1.54) is 23.5 Å². The van der Waals surface area contributed by atoms with E-state index in [-0.39, 0.29) is 11.8 Å². The van der Waals surface area contributed by atoms with E-state index in [9.17, 15) is 9.18 Å². The second-order valence-electron chi connectivity index (χ2n) is 6.84. The Hall–Kier alpha value is -3.04. The lowest BCUT2D eigenvalue weighted by Gasteiger charge is -2.35. The van der Waals surface area contributed by atoms with Gasteiger partial charge in [0.25, 0.3) is 5.89 Å². The number of benzene rings is 1. The minimum atomic E-state index is -0.608. The van der Waals surface area contributed by atoms with Gasteiger partial charge in [-0.1, -0.05) is 23.4 Å². The Morgan fingerprint density at radius 2 is 2.20 bits per heavy atom. The van der Waals surface area contributed by atoms with Gasteiger partial charge >= 0.3 is 6.03 Å². The molecule has 30 heavy (non-hydrogen) atoms. The number of nitrogens with zero attached hydrogens (tertiary/aromatic N) is 3. The highest BCUT2D eigenvalue weighted by molar-refractivity contribution is 7.13. The summed E-state index contributed by atoms with van der Waals surface area (Å²) in [6.45, 7) is 2.84. The summed E-state index contributed by atoms with van der Waals surface area (Å²) in [5.74, 6) is 0.383. The summed E-state index contributed by atoms with van der Waals surface area (Å²) in [5, 5.41) is 8.99. The molecule has 1 unspecified atom stereocenters. The van der Waals surface area contributed by atoms with Crippen molar-refractivity contribution in [3.8, 4) is 10.7 Å². The number of thiophene rings is 1. The highest BCUT2D eigenvalue weighted by Gasteiger charge is 2.35. The third kappa shape index (κ3) is 3.99. The van der Waals surface area contributed by atoms with Crippen molar-refractivity contribution < 1.29 is 18.4 Å². The molecule has 0 radical (unpaired) electrons. The monoisotopic (exact) mass is 428 g/mol. The number of hydrogen-bond donors (Lipinski definition) is 1. The Kier molecular flexibility index (Phi) is 5.91. The summed E-state index contributed by atoms with van der Waals surface area (Å²) in [6.07, 6.45) is 0.670. The van der Waals surface area contributed by atoms with E-state index < -0.39 is 6.04 Å². The van der Waals surface area contributed by atoms with Gasteiger partial charge < -0.3 is 14.6 Å². The van der Waals surface area contributed by atoms with Crippen molar-refractivity contribution in [3.05, 3.63) is 64.7 Å².